The van der Waals surface area contributed by atoms with Crippen LogP contribution < -0.4 is 21.3 Å². The van der Waals surface area contributed by atoms with Gasteiger partial charge >= 0.3 is 0 Å². The van der Waals surface area contributed by atoms with Crippen molar-refractivity contribution in [3.8, 4) is 0 Å². The monoisotopic (exact) mass is 405 g/mol. The fourth-order valence-electron chi connectivity index (χ4n) is 5.32. The van der Waals surface area contributed by atoms with Crippen LogP contribution in [0.15, 0.2) is 58.8 Å². The number of aliphatic imine (C=N–C) groups is 2. The number of anilines is 2. The minimum absolute atomic E-state index is 0.299. The van der Waals surface area contributed by atoms with Crippen LogP contribution in [-0.2, 0) is 0 Å². The molecule has 2 aromatic rings. The molecule has 7 nitrogen and oxygen atoms in total. The van der Waals surface area contributed by atoms with Crippen molar-refractivity contribution in [2.75, 3.05) is 22.9 Å². The third kappa shape index (κ3) is 3.42. The van der Waals surface area contributed by atoms with Crippen LogP contribution in [0, 0.1) is 0 Å². The van der Waals surface area contributed by atoms with E-state index in [0.29, 0.717) is 18.0 Å². The average molecular weight is 406 g/mol. The van der Waals surface area contributed by atoms with E-state index in [4.69, 9.17) is 16.5 Å². The van der Waals surface area contributed by atoms with Gasteiger partial charge in [-0.1, -0.05) is 6.42 Å². The van der Waals surface area contributed by atoms with Crippen molar-refractivity contribution in [2.24, 2.45) is 21.5 Å². The van der Waals surface area contributed by atoms with E-state index >= 15 is 0 Å². The van der Waals surface area contributed by atoms with Gasteiger partial charge in [-0.25, -0.2) is 4.99 Å². The van der Waals surface area contributed by atoms with E-state index in [1.807, 2.05) is 0 Å². The first-order valence-electron chi connectivity index (χ1n) is 11.1. The molecule has 2 fully saturated rings. The van der Waals surface area contributed by atoms with Crippen molar-refractivity contribution in [1.82, 2.24) is 4.57 Å². The minimum atomic E-state index is -0.384. The van der Waals surface area contributed by atoms with Crippen molar-refractivity contribution in [1.29, 1.82) is 0 Å². The zero-order valence-electron chi connectivity index (χ0n) is 17.5. The number of guanidine groups is 2. The predicted octanol–water partition coefficient (Wildman–Crippen LogP) is 3.44. The van der Waals surface area contributed by atoms with Crippen LogP contribution in [0.5, 0.6) is 0 Å². The van der Waals surface area contributed by atoms with Gasteiger partial charge in [0.2, 0.25) is 11.9 Å². The van der Waals surface area contributed by atoms with Crippen molar-refractivity contribution < 1.29 is 0 Å². The second-order valence-corrected chi connectivity index (χ2v) is 8.68. The van der Waals surface area contributed by atoms with Crippen LogP contribution in [-0.4, -0.2) is 35.2 Å². The van der Waals surface area contributed by atoms with Gasteiger partial charge in [-0.15, -0.1) is 0 Å². The van der Waals surface area contributed by atoms with Crippen molar-refractivity contribution in [2.45, 2.75) is 56.7 Å². The predicted molar refractivity (Wildman–Crippen MR) is 123 cm³/mol. The maximum atomic E-state index is 6.35. The summed E-state index contributed by atoms with van der Waals surface area (Å²) in [6, 6.07) is 13.5. The molecule has 0 amide bonds. The molecule has 1 aliphatic carbocycles. The molecule has 1 saturated carbocycles. The number of aromatic nitrogens is 1. The van der Waals surface area contributed by atoms with Crippen LogP contribution >= 0.6 is 0 Å². The van der Waals surface area contributed by atoms with Gasteiger partial charge in [0.05, 0.1) is 0 Å². The lowest BCUT2D eigenvalue weighted by molar-refractivity contribution is 0.305. The van der Waals surface area contributed by atoms with Crippen LogP contribution in [0.3, 0.4) is 0 Å². The molecular formula is C23H31N7. The number of benzene rings is 1. The molecule has 7 heteroatoms. The Morgan fingerprint density at radius 2 is 1.50 bits per heavy atom. The Morgan fingerprint density at radius 1 is 0.867 bits per heavy atom. The Kier molecular flexibility index (Phi) is 4.89. The molecule has 0 unspecified atom stereocenters. The van der Waals surface area contributed by atoms with Gasteiger partial charge in [0.25, 0.3) is 0 Å². The summed E-state index contributed by atoms with van der Waals surface area (Å²) in [7, 11) is 0. The van der Waals surface area contributed by atoms with Crippen LogP contribution in [0.1, 0.15) is 51.0 Å². The summed E-state index contributed by atoms with van der Waals surface area (Å²) in [4.78, 5) is 13.6. The standard InChI is InChI=1S/C23H31N7/c24-21-26-22(25)30(23(27-21)12-2-1-3-13-23)20-8-6-18(7-9-20)29-16-10-19(11-17-29)28-14-4-5-15-28/h4-9,14-15,19H,1-3,10-13,16-17H2,(H4,24,25,26,27). The molecule has 1 aromatic carbocycles. The molecule has 5 rings (SSSR count). The first-order valence-corrected chi connectivity index (χ1v) is 11.1. The number of nitrogens with two attached hydrogens (primary N) is 2. The fraction of sp³-hybridized carbons (Fsp3) is 0.478. The number of rotatable bonds is 3. The lowest BCUT2D eigenvalue weighted by atomic mass is 9.87. The Morgan fingerprint density at radius 3 is 2.17 bits per heavy atom. The van der Waals surface area contributed by atoms with E-state index in [-0.39, 0.29) is 5.66 Å². The first kappa shape index (κ1) is 19.0. The third-order valence-corrected chi connectivity index (χ3v) is 6.84. The Labute approximate surface area is 178 Å². The van der Waals surface area contributed by atoms with E-state index in [1.165, 1.54) is 24.9 Å². The maximum Gasteiger partial charge on any atom is 0.220 e. The summed E-state index contributed by atoms with van der Waals surface area (Å²) in [6.07, 6.45) is 12.1. The largest absolute Gasteiger partial charge is 0.371 e. The maximum absolute atomic E-state index is 6.35. The molecule has 0 radical (unpaired) electrons. The lowest BCUT2D eigenvalue weighted by Crippen LogP contribution is -2.58. The van der Waals surface area contributed by atoms with Crippen molar-refractivity contribution in [3.63, 3.8) is 0 Å². The smallest absolute Gasteiger partial charge is 0.220 e. The summed E-state index contributed by atoms with van der Waals surface area (Å²) in [6.45, 7) is 2.14. The van der Waals surface area contributed by atoms with Gasteiger partial charge < -0.3 is 20.9 Å². The van der Waals surface area contributed by atoms with Crippen LogP contribution in [0.25, 0.3) is 0 Å². The molecule has 0 bridgehead atoms. The molecule has 3 aliphatic rings. The van der Waals surface area contributed by atoms with Gasteiger partial charge in [-0.2, -0.15) is 4.99 Å². The summed E-state index contributed by atoms with van der Waals surface area (Å²) in [5, 5.41) is 0. The zero-order valence-corrected chi connectivity index (χ0v) is 17.5. The van der Waals surface area contributed by atoms with Crippen molar-refractivity contribution >= 4 is 23.3 Å². The average Bonchev–Trinajstić information content (AvgIpc) is 3.29. The van der Waals surface area contributed by atoms with E-state index < -0.39 is 0 Å². The molecule has 3 heterocycles. The Balaban J connectivity index is 1.33. The molecule has 2 aliphatic heterocycles. The number of hydrogen-bond acceptors (Lipinski definition) is 6. The van der Waals surface area contributed by atoms with Gasteiger partial charge in [0.15, 0.2) is 0 Å². The van der Waals surface area contributed by atoms with E-state index in [9.17, 15) is 0 Å². The van der Waals surface area contributed by atoms with E-state index in [1.54, 1.807) is 0 Å². The quantitative estimate of drug-likeness (QED) is 0.819. The number of nitrogens with zero attached hydrogens (tertiary/aromatic N) is 5. The van der Waals surface area contributed by atoms with Gasteiger partial charge in [0, 0.05) is 42.9 Å². The number of hydrogen-bond donors (Lipinski definition) is 2. The molecule has 1 spiro atoms. The fourth-order valence-corrected chi connectivity index (χ4v) is 5.32. The topological polar surface area (TPSA) is 88.2 Å². The summed E-state index contributed by atoms with van der Waals surface area (Å²) in [5.74, 6) is 0.748. The summed E-state index contributed by atoms with van der Waals surface area (Å²) < 4.78 is 2.34. The van der Waals surface area contributed by atoms with E-state index in [0.717, 1.165) is 44.5 Å². The van der Waals surface area contributed by atoms with Crippen LogP contribution in [0.2, 0.25) is 0 Å². The molecule has 1 aromatic heterocycles. The second kappa shape index (κ2) is 7.70. The molecule has 4 N–H and O–H groups in total. The molecule has 30 heavy (non-hydrogen) atoms. The Bertz CT molecular complexity index is 915. The normalized spacial score (nSPS) is 22.1. The highest BCUT2D eigenvalue weighted by molar-refractivity contribution is 6.05. The van der Waals surface area contributed by atoms with E-state index in [2.05, 4.69) is 68.2 Å². The highest BCUT2D eigenvalue weighted by atomic mass is 15.4. The molecule has 0 atom stereocenters. The van der Waals surface area contributed by atoms with Crippen molar-refractivity contribution in [3.05, 3.63) is 48.8 Å². The second-order valence-electron chi connectivity index (χ2n) is 8.68. The summed E-state index contributed by atoms with van der Waals surface area (Å²) in [5.41, 5.74) is 14.3. The van der Waals surface area contributed by atoms with Gasteiger partial charge in [0.1, 0.15) is 5.66 Å². The highest BCUT2D eigenvalue weighted by Crippen LogP contribution is 2.40. The SMILES string of the molecule is NC1=NC2(CCCCC2)N(c2ccc(N3CCC(n4cccc4)CC3)cc2)C(N)=N1. The van der Waals surface area contributed by atoms with Gasteiger partial charge in [-0.3, -0.25) is 4.90 Å². The third-order valence-electron chi connectivity index (χ3n) is 6.84. The highest BCUT2D eigenvalue weighted by Gasteiger charge is 2.42. The minimum Gasteiger partial charge on any atom is -0.371 e. The molecular weight excluding hydrogens is 374 g/mol. The Hall–Kier alpha value is -2.96. The van der Waals surface area contributed by atoms with Gasteiger partial charge in [-0.05, 0) is 74.9 Å². The zero-order chi connectivity index (χ0) is 20.6. The molecule has 1 saturated heterocycles. The number of piperidine rings is 1. The first-order chi connectivity index (χ1) is 14.6. The summed E-state index contributed by atoms with van der Waals surface area (Å²) >= 11 is 0. The lowest BCUT2D eigenvalue weighted by Gasteiger charge is -2.45. The van der Waals surface area contributed by atoms with Crippen LogP contribution in [0.4, 0.5) is 11.4 Å². The molecule has 158 valence electrons.